The van der Waals surface area contributed by atoms with E-state index in [2.05, 4.69) is 36.0 Å². The van der Waals surface area contributed by atoms with E-state index in [1.807, 2.05) is 44.4 Å². The number of fused-ring (bicyclic) bond motifs is 1. The summed E-state index contributed by atoms with van der Waals surface area (Å²) < 4.78 is 17.4. The lowest BCUT2D eigenvalue weighted by Gasteiger charge is -2.35. The predicted molar refractivity (Wildman–Crippen MR) is 161 cm³/mol. The molecule has 0 radical (unpaired) electrons. The number of aryl methyl sites for hydroxylation is 2. The number of piperidine rings is 1. The summed E-state index contributed by atoms with van der Waals surface area (Å²) in [5.41, 5.74) is 2.43. The maximum absolute atomic E-state index is 15.6. The van der Waals surface area contributed by atoms with Crippen LogP contribution in [0, 0.1) is 12.7 Å². The second-order valence-corrected chi connectivity index (χ2v) is 10.4. The molecule has 1 saturated heterocycles. The van der Waals surface area contributed by atoms with Crippen LogP contribution in [0.15, 0.2) is 73.3 Å². The number of amides is 1. The van der Waals surface area contributed by atoms with Gasteiger partial charge in [0.15, 0.2) is 0 Å². The van der Waals surface area contributed by atoms with E-state index in [1.165, 1.54) is 12.1 Å². The maximum Gasteiger partial charge on any atom is 0.262 e. The minimum absolute atomic E-state index is 0.0219. The lowest BCUT2D eigenvalue weighted by Crippen LogP contribution is -2.49. The molecule has 42 heavy (non-hydrogen) atoms. The molecule has 1 aliphatic heterocycles. The zero-order valence-electron chi connectivity index (χ0n) is 23.5. The summed E-state index contributed by atoms with van der Waals surface area (Å²) in [4.78, 5) is 29.1. The number of hydrogen-bond donors (Lipinski definition) is 3. The fraction of sp³-hybridized carbons (Fsp3) is 0.258. The number of nitrogens with one attached hydrogen (secondary N) is 3. The summed E-state index contributed by atoms with van der Waals surface area (Å²) in [7, 11) is 1.86. The molecule has 0 saturated carbocycles. The molecule has 0 aliphatic carbocycles. The Bertz CT molecular complexity index is 1730. The molecular weight excluding hydrogens is 533 g/mol. The van der Waals surface area contributed by atoms with Crippen molar-refractivity contribution in [2.45, 2.75) is 32.4 Å². The molecule has 10 nitrogen and oxygen atoms in total. The van der Waals surface area contributed by atoms with Crippen LogP contribution < -0.4 is 20.9 Å². The van der Waals surface area contributed by atoms with Gasteiger partial charge in [-0.3, -0.25) is 14.4 Å². The van der Waals surface area contributed by atoms with Crippen LogP contribution in [0.3, 0.4) is 0 Å². The van der Waals surface area contributed by atoms with Crippen LogP contribution in [0.25, 0.3) is 10.8 Å². The lowest BCUT2D eigenvalue weighted by atomic mass is 10.0. The van der Waals surface area contributed by atoms with Crippen molar-refractivity contribution in [1.29, 1.82) is 0 Å². The minimum Gasteiger partial charge on any atom is -0.366 e. The highest BCUT2D eigenvalue weighted by Crippen LogP contribution is 2.32. The monoisotopic (exact) mass is 565 g/mol. The topological polar surface area (TPSA) is 113 Å². The first-order chi connectivity index (χ1) is 20.5. The van der Waals surface area contributed by atoms with Crippen molar-refractivity contribution < 1.29 is 9.18 Å². The molecule has 1 aliphatic rings. The molecule has 4 heterocycles. The van der Waals surface area contributed by atoms with E-state index in [1.54, 1.807) is 40.3 Å². The Kier molecular flexibility index (Phi) is 7.74. The smallest absolute Gasteiger partial charge is 0.262 e. The van der Waals surface area contributed by atoms with Crippen molar-refractivity contribution in [2.24, 2.45) is 7.05 Å². The van der Waals surface area contributed by atoms with Gasteiger partial charge in [0.05, 0.1) is 17.8 Å². The average molecular weight is 566 g/mol. The number of aromatic nitrogens is 5. The largest absolute Gasteiger partial charge is 0.366 e. The van der Waals surface area contributed by atoms with Crippen molar-refractivity contribution in [2.75, 3.05) is 28.6 Å². The van der Waals surface area contributed by atoms with Crippen molar-refractivity contribution in [3.8, 4) is 0 Å². The van der Waals surface area contributed by atoms with Gasteiger partial charge in [0, 0.05) is 55.4 Å². The van der Waals surface area contributed by atoms with E-state index in [0.29, 0.717) is 36.4 Å². The molecule has 11 heteroatoms. The van der Waals surface area contributed by atoms with Crippen LogP contribution in [0.2, 0.25) is 0 Å². The third kappa shape index (κ3) is 5.77. The number of halogens is 1. The van der Waals surface area contributed by atoms with Crippen molar-refractivity contribution in [3.63, 3.8) is 0 Å². The molecule has 0 unspecified atom stereocenters. The second kappa shape index (κ2) is 11.9. The number of benzene rings is 2. The quantitative estimate of drug-likeness (QED) is 0.242. The average Bonchev–Trinajstić information content (AvgIpc) is 3.42. The van der Waals surface area contributed by atoms with Gasteiger partial charge < -0.3 is 16.0 Å². The number of carbonyl (C=O) groups is 1. The van der Waals surface area contributed by atoms with Gasteiger partial charge in [-0.2, -0.15) is 10.1 Å². The number of carbonyl (C=O) groups excluding carboxylic acids is 1. The van der Waals surface area contributed by atoms with Gasteiger partial charge >= 0.3 is 0 Å². The molecule has 5 aromatic rings. The van der Waals surface area contributed by atoms with Crippen molar-refractivity contribution in [3.05, 3.63) is 95.8 Å². The lowest BCUT2D eigenvalue weighted by molar-refractivity contribution is 0.0968. The van der Waals surface area contributed by atoms with Gasteiger partial charge in [-0.05, 0) is 67.6 Å². The van der Waals surface area contributed by atoms with Crippen LogP contribution in [-0.2, 0) is 13.6 Å². The van der Waals surface area contributed by atoms with E-state index in [4.69, 9.17) is 0 Å². The van der Waals surface area contributed by atoms with E-state index in [-0.39, 0.29) is 11.6 Å². The standard InChI is InChI=1S/C31H32FN9O/c1-20-5-3-6-22-10-13-34-29(28(20)22)41(24-7-4-12-33-18-24)30(42)25-9-8-23(15-26(25)32)38-31-35-14-11-27(39-31)36-16-21-17-37-40(2)19-21/h3,5-6,8-11,13-15,17,19,24,33H,4,7,12,16,18H2,1-2H3,(H2,35,36,38,39)/t24-/m1/s1. The Balaban J connectivity index is 1.25. The molecule has 6 rings (SSSR count). The van der Waals surface area contributed by atoms with Crippen molar-refractivity contribution >= 4 is 40.0 Å². The van der Waals surface area contributed by atoms with Crippen LogP contribution in [0.5, 0.6) is 0 Å². The SMILES string of the molecule is Cc1cccc2ccnc(N(C(=O)c3ccc(Nc4nccc(NCc5cnn(C)c5)n4)cc3F)[C@@H]3CCCNC3)c12. The third-order valence-corrected chi connectivity index (χ3v) is 7.41. The summed E-state index contributed by atoms with van der Waals surface area (Å²) in [5, 5.41) is 15.7. The number of rotatable bonds is 8. The normalized spacial score (nSPS) is 15.0. The molecule has 2 aromatic carbocycles. The Morgan fingerprint density at radius 2 is 2.05 bits per heavy atom. The van der Waals surface area contributed by atoms with Gasteiger partial charge in [0.25, 0.3) is 5.91 Å². The fourth-order valence-electron chi connectivity index (χ4n) is 5.36. The summed E-state index contributed by atoms with van der Waals surface area (Å²) in [6, 6.07) is 14.0. The van der Waals surface area contributed by atoms with Gasteiger partial charge in [-0.15, -0.1) is 0 Å². The minimum atomic E-state index is -0.637. The van der Waals surface area contributed by atoms with Crippen LogP contribution in [0.4, 0.5) is 27.7 Å². The number of hydrogen-bond acceptors (Lipinski definition) is 8. The van der Waals surface area contributed by atoms with Crippen LogP contribution >= 0.6 is 0 Å². The maximum atomic E-state index is 15.6. The van der Waals surface area contributed by atoms with Gasteiger partial charge in [-0.1, -0.05) is 18.2 Å². The highest BCUT2D eigenvalue weighted by atomic mass is 19.1. The van der Waals surface area contributed by atoms with E-state index in [0.717, 1.165) is 41.3 Å². The highest BCUT2D eigenvalue weighted by Gasteiger charge is 2.31. The first-order valence-corrected chi connectivity index (χ1v) is 14.0. The highest BCUT2D eigenvalue weighted by molar-refractivity contribution is 6.11. The Morgan fingerprint density at radius 3 is 2.83 bits per heavy atom. The van der Waals surface area contributed by atoms with E-state index >= 15 is 4.39 Å². The van der Waals surface area contributed by atoms with Crippen LogP contribution in [0.1, 0.15) is 34.3 Å². The number of pyridine rings is 1. The zero-order valence-corrected chi connectivity index (χ0v) is 23.5. The van der Waals surface area contributed by atoms with E-state index in [9.17, 15) is 4.79 Å². The molecule has 0 spiro atoms. The molecule has 214 valence electrons. The van der Waals surface area contributed by atoms with Gasteiger partial charge in [0.2, 0.25) is 5.95 Å². The molecule has 0 bridgehead atoms. The zero-order chi connectivity index (χ0) is 29.1. The Labute approximate surface area is 243 Å². The second-order valence-electron chi connectivity index (χ2n) is 10.4. The molecule has 3 aromatic heterocycles. The molecule has 1 amide bonds. The first kappa shape index (κ1) is 27.3. The summed E-state index contributed by atoms with van der Waals surface area (Å²) >= 11 is 0. The fourth-order valence-corrected chi connectivity index (χ4v) is 5.36. The first-order valence-electron chi connectivity index (χ1n) is 14.0. The summed E-state index contributed by atoms with van der Waals surface area (Å²) in [6.07, 6.45) is 8.73. The predicted octanol–water partition coefficient (Wildman–Crippen LogP) is 4.96. The number of nitrogens with zero attached hydrogens (tertiary/aromatic N) is 6. The Hall–Kier alpha value is -4.90. The number of anilines is 4. The molecule has 1 atom stereocenters. The summed E-state index contributed by atoms with van der Waals surface area (Å²) in [5.74, 6) is 0.401. The molecule has 1 fully saturated rings. The molecular formula is C31H32FN9O. The Morgan fingerprint density at radius 1 is 1.17 bits per heavy atom. The summed E-state index contributed by atoms with van der Waals surface area (Å²) in [6.45, 7) is 4.05. The molecule has 3 N–H and O–H groups in total. The van der Waals surface area contributed by atoms with Crippen LogP contribution in [-0.4, -0.2) is 49.8 Å². The van der Waals surface area contributed by atoms with Crippen molar-refractivity contribution in [1.82, 2.24) is 30.0 Å². The van der Waals surface area contributed by atoms with E-state index < -0.39 is 11.7 Å². The van der Waals surface area contributed by atoms with Gasteiger partial charge in [-0.25, -0.2) is 14.4 Å². The van der Waals surface area contributed by atoms with Gasteiger partial charge in [0.1, 0.15) is 17.5 Å². The third-order valence-electron chi connectivity index (χ3n) is 7.41.